The van der Waals surface area contributed by atoms with Crippen LogP contribution in [0.2, 0.25) is 0 Å². The molecule has 0 aromatic carbocycles. The van der Waals surface area contributed by atoms with Crippen LogP contribution >= 0.6 is 0 Å². The van der Waals surface area contributed by atoms with Gasteiger partial charge in [-0.25, -0.2) is 0 Å². The zero-order valence-electron chi connectivity index (χ0n) is 11.3. The predicted molar refractivity (Wildman–Crippen MR) is 70.9 cm³/mol. The highest BCUT2D eigenvalue weighted by atomic mass is 16.2. The smallest absolute Gasteiger partial charge is 0.222 e. The summed E-state index contributed by atoms with van der Waals surface area (Å²) in [5.74, 6) is 0.283. The second-order valence-electron chi connectivity index (χ2n) is 5.01. The molecule has 1 fully saturated rings. The zero-order chi connectivity index (χ0) is 13.4. The first-order chi connectivity index (χ1) is 8.63. The summed E-state index contributed by atoms with van der Waals surface area (Å²) in [6, 6.07) is 0.0362. The molecule has 1 aliphatic heterocycles. The summed E-state index contributed by atoms with van der Waals surface area (Å²) >= 11 is 0. The van der Waals surface area contributed by atoms with E-state index >= 15 is 0 Å². The molecule has 5 heteroatoms. The van der Waals surface area contributed by atoms with Crippen molar-refractivity contribution in [1.82, 2.24) is 10.2 Å². The van der Waals surface area contributed by atoms with E-state index in [-0.39, 0.29) is 17.9 Å². The van der Waals surface area contributed by atoms with Crippen LogP contribution in [0.1, 0.15) is 45.4 Å². The van der Waals surface area contributed by atoms with Crippen molar-refractivity contribution in [2.75, 3.05) is 19.6 Å². The fraction of sp³-hybridized carbons (Fsp3) is 0.846. The van der Waals surface area contributed by atoms with Crippen molar-refractivity contribution in [3.63, 3.8) is 0 Å². The number of rotatable bonds is 8. The van der Waals surface area contributed by atoms with E-state index in [0.717, 1.165) is 32.2 Å². The third-order valence-electron chi connectivity index (χ3n) is 3.18. The summed E-state index contributed by atoms with van der Waals surface area (Å²) in [4.78, 5) is 24.9. The second kappa shape index (κ2) is 8.08. The standard InChI is InChI=1S/C13H25N3O2/c1-11(10-16-9-5-7-13(16)18)15-12(17)6-3-2-4-8-14/h11H,2-10,14H2,1H3,(H,15,17). The maximum atomic E-state index is 11.6. The molecule has 18 heavy (non-hydrogen) atoms. The van der Waals surface area contributed by atoms with Crippen LogP contribution < -0.4 is 11.1 Å². The molecular weight excluding hydrogens is 230 g/mol. The molecule has 0 saturated carbocycles. The van der Waals surface area contributed by atoms with Crippen molar-refractivity contribution >= 4 is 11.8 Å². The summed E-state index contributed by atoms with van der Waals surface area (Å²) in [5.41, 5.74) is 5.39. The van der Waals surface area contributed by atoms with E-state index in [9.17, 15) is 9.59 Å². The Balaban J connectivity index is 2.12. The Hall–Kier alpha value is -1.10. The lowest BCUT2D eigenvalue weighted by atomic mass is 10.2. The molecule has 0 bridgehead atoms. The summed E-state index contributed by atoms with van der Waals surface area (Å²) in [6.45, 7) is 4.10. The monoisotopic (exact) mass is 255 g/mol. The number of unbranched alkanes of at least 4 members (excludes halogenated alkanes) is 2. The van der Waals surface area contributed by atoms with Gasteiger partial charge in [-0.2, -0.15) is 0 Å². The Morgan fingerprint density at radius 2 is 2.22 bits per heavy atom. The number of carbonyl (C=O) groups is 2. The molecule has 3 N–H and O–H groups in total. The molecule has 1 saturated heterocycles. The predicted octanol–water partition coefficient (Wildman–Crippen LogP) is 0.633. The van der Waals surface area contributed by atoms with Gasteiger partial charge in [-0.1, -0.05) is 6.42 Å². The molecule has 1 heterocycles. The number of carbonyl (C=O) groups excluding carboxylic acids is 2. The van der Waals surface area contributed by atoms with E-state index in [1.54, 1.807) is 0 Å². The number of nitrogens with zero attached hydrogens (tertiary/aromatic N) is 1. The molecule has 5 nitrogen and oxygen atoms in total. The minimum Gasteiger partial charge on any atom is -0.352 e. The van der Waals surface area contributed by atoms with Gasteiger partial charge >= 0.3 is 0 Å². The van der Waals surface area contributed by atoms with Gasteiger partial charge in [-0.15, -0.1) is 0 Å². The molecule has 2 amide bonds. The van der Waals surface area contributed by atoms with Crippen molar-refractivity contribution in [3.8, 4) is 0 Å². The molecule has 1 rings (SSSR count). The van der Waals surface area contributed by atoms with Crippen LogP contribution in [0.15, 0.2) is 0 Å². The van der Waals surface area contributed by atoms with Gasteiger partial charge in [0.15, 0.2) is 0 Å². The van der Waals surface area contributed by atoms with E-state index in [1.807, 2.05) is 11.8 Å². The van der Waals surface area contributed by atoms with E-state index in [0.29, 0.717) is 25.9 Å². The summed E-state index contributed by atoms with van der Waals surface area (Å²) in [5, 5.41) is 2.94. The van der Waals surface area contributed by atoms with Gasteiger partial charge in [0.2, 0.25) is 11.8 Å². The Morgan fingerprint density at radius 3 is 2.83 bits per heavy atom. The number of hydrogen-bond donors (Lipinski definition) is 2. The van der Waals surface area contributed by atoms with Gasteiger partial charge < -0.3 is 16.0 Å². The topological polar surface area (TPSA) is 75.4 Å². The SMILES string of the molecule is CC(CN1CCCC1=O)NC(=O)CCCCCN. The molecule has 1 aliphatic rings. The highest BCUT2D eigenvalue weighted by Gasteiger charge is 2.22. The van der Waals surface area contributed by atoms with Gasteiger partial charge in [0.1, 0.15) is 0 Å². The maximum Gasteiger partial charge on any atom is 0.222 e. The van der Waals surface area contributed by atoms with E-state index in [2.05, 4.69) is 5.32 Å². The zero-order valence-corrected chi connectivity index (χ0v) is 11.3. The maximum absolute atomic E-state index is 11.6. The van der Waals surface area contributed by atoms with Crippen molar-refractivity contribution in [1.29, 1.82) is 0 Å². The lowest BCUT2D eigenvalue weighted by molar-refractivity contribution is -0.129. The average Bonchev–Trinajstić information content (AvgIpc) is 2.70. The number of nitrogens with two attached hydrogens (primary N) is 1. The van der Waals surface area contributed by atoms with Crippen molar-refractivity contribution in [3.05, 3.63) is 0 Å². The lowest BCUT2D eigenvalue weighted by Gasteiger charge is -2.21. The average molecular weight is 255 g/mol. The third kappa shape index (κ3) is 5.49. The lowest BCUT2D eigenvalue weighted by Crippen LogP contribution is -2.42. The van der Waals surface area contributed by atoms with Gasteiger partial charge in [0, 0.05) is 32.0 Å². The number of likely N-dealkylation sites (tertiary alicyclic amines) is 1. The third-order valence-corrected chi connectivity index (χ3v) is 3.18. The van der Waals surface area contributed by atoms with Crippen LogP contribution in [0.4, 0.5) is 0 Å². The molecule has 0 aromatic rings. The van der Waals surface area contributed by atoms with E-state index in [1.165, 1.54) is 0 Å². The first-order valence-electron chi connectivity index (χ1n) is 6.90. The minimum atomic E-state index is 0.0362. The molecule has 1 unspecified atom stereocenters. The number of hydrogen-bond acceptors (Lipinski definition) is 3. The van der Waals surface area contributed by atoms with Crippen molar-refractivity contribution in [2.24, 2.45) is 5.73 Å². The van der Waals surface area contributed by atoms with Crippen LogP contribution in [0.5, 0.6) is 0 Å². The van der Waals surface area contributed by atoms with Gasteiger partial charge in [0.25, 0.3) is 0 Å². The molecule has 0 aliphatic carbocycles. The van der Waals surface area contributed by atoms with Crippen LogP contribution in [0, 0.1) is 0 Å². The Labute approximate surface area is 109 Å². The minimum absolute atomic E-state index is 0.0362. The molecule has 0 aromatic heterocycles. The molecule has 0 radical (unpaired) electrons. The Morgan fingerprint density at radius 1 is 1.44 bits per heavy atom. The molecule has 0 spiro atoms. The van der Waals surface area contributed by atoms with Crippen molar-refractivity contribution < 1.29 is 9.59 Å². The fourth-order valence-electron chi connectivity index (χ4n) is 2.23. The molecular formula is C13H25N3O2. The summed E-state index contributed by atoms with van der Waals surface area (Å²) in [7, 11) is 0. The summed E-state index contributed by atoms with van der Waals surface area (Å²) < 4.78 is 0. The summed E-state index contributed by atoms with van der Waals surface area (Å²) in [6.07, 6.45) is 5.02. The van der Waals surface area contributed by atoms with Crippen LogP contribution in [0.25, 0.3) is 0 Å². The Kier molecular flexibility index (Phi) is 6.72. The number of amides is 2. The fourth-order valence-corrected chi connectivity index (χ4v) is 2.23. The van der Waals surface area contributed by atoms with E-state index in [4.69, 9.17) is 5.73 Å². The Bertz CT molecular complexity index is 281. The van der Waals surface area contributed by atoms with Gasteiger partial charge in [-0.05, 0) is 32.7 Å². The molecule has 104 valence electrons. The van der Waals surface area contributed by atoms with Crippen molar-refractivity contribution in [2.45, 2.75) is 51.5 Å². The molecule has 1 atom stereocenters. The van der Waals surface area contributed by atoms with E-state index < -0.39 is 0 Å². The van der Waals surface area contributed by atoms with Crippen LogP contribution in [-0.4, -0.2) is 42.4 Å². The highest BCUT2D eigenvalue weighted by Crippen LogP contribution is 2.09. The normalized spacial score (nSPS) is 17.0. The quantitative estimate of drug-likeness (QED) is 0.625. The first kappa shape index (κ1) is 15.0. The largest absolute Gasteiger partial charge is 0.352 e. The number of nitrogens with one attached hydrogen (secondary N) is 1. The van der Waals surface area contributed by atoms with Crippen LogP contribution in [-0.2, 0) is 9.59 Å². The first-order valence-corrected chi connectivity index (χ1v) is 6.90. The van der Waals surface area contributed by atoms with Gasteiger partial charge in [0.05, 0.1) is 0 Å². The van der Waals surface area contributed by atoms with Crippen LogP contribution in [0.3, 0.4) is 0 Å². The second-order valence-corrected chi connectivity index (χ2v) is 5.01. The van der Waals surface area contributed by atoms with Gasteiger partial charge in [-0.3, -0.25) is 9.59 Å². The highest BCUT2D eigenvalue weighted by molar-refractivity contribution is 5.78.